The molecule has 1 aromatic heterocycles. The third-order valence-electron chi connectivity index (χ3n) is 4.85. The molecular formula is C20H22N2O4S. The zero-order chi connectivity index (χ0) is 19.2. The maximum Gasteiger partial charge on any atom is 0.308 e. The van der Waals surface area contributed by atoms with E-state index in [0.717, 1.165) is 5.56 Å². The summed E-state index contributed by atoms with van der Waals surface area (Å²) in [6, 6.07) is 11.2. The van der Waals surface area contributed by atoms with Crippen LogP contribution in [-0.4, -0.2) is 47.4 Å². The minimum atomic E-state index is -0.873. The zero-order valence-corrected chi connectivity index (χ0v) is 15.7. The second-order valence-electron chi connectivity index (χ2n) is 6.63. The van der Waals surface area contributed by atoms with Crippen LogP contribution >= 0.6 is 11.3 Å². The molecule has 1 aliphatic heterocycles. The van der Waals surface area contributed by atoms with Crippen LogP contribution < -0.4 is 5.32 Å². The van der Waals surface area contributed by atoms with Crippen molar-refractivity contribution in [2.24, 2.45) is 5.92 Å². The van der Waals surface area contributed by atoms with Gasteiger partial charge in [0.15, 0.2) is 0 Å². The van der Waals surface area contributed by atoms with Gasteiger partial charge in [0, 0.05) is 42.9 Å². The van der Waals surface area contributed by atoms with Gasteiger partial charge >= 0.3 is 5.97 Å². The molecule has 0 radical (unpaired) electrons. The van der Waals surface area contributed by atoms with Crippen molar-refractivity contribution in [2.45, 2.75) is 18.8 Å². The number of nitrogens with one attached hydrogen (secondary N) is 1. The van der Waals surface area contributed by atoms with Gasteiger partial charge in [-0.3, -0.25) is 14.4 Å². The second kappa shape index (κ2) is 8.81. The summed E-state index contributed by atoms with van der Waals surface area (Å²) < 4.78 is 0. The molecule has 3 rings (SSSR count). The van der Waals surface area contributed by atoms with E-state index in [0.29, 0.717) is 25.1 Å². The number of carboxylic acid groups (broad SMARTS) is 1. The first-order valence-corrected chi connectivity index (χ1v) is 9.86. The fourth-order valence-corrected chi connectivity index (χ4v) is 4.03. The predicted molar refractivity (Wildman–Crippen MR) is 103 cm³/mol. The van der Waals surface area contributed by atoms with E-state index in [9.17, 15) is 19.5 Å². The highest BCUT2D eigenvalue weighted by molar-refractivity contribution is 7.08. The molecule has 0 spiro atoms. The lowest BCUT2D eigenvalue weighted by molar-refractivity contribution is -0.141. The van der Waals surface area contributed by atoms with Crippen LogP contribution in [0.15, 0.2) is 47.2 Å². The molecule has 0 unspecified atom stereocenters. The zero-order valence-electron chi connectivity index (χ0n) is 14.8. The highest BCUT2D eigenvalue weighted by Gasteiger charge is 2.40. The molecule has 6 nitrogen and oxygen atoms in total. The first-order chi connectivity index (χ1) is 13.1. The summed E-state index contributed by atoms with van der Waals surface area (Å²) in [4.78, 5) is 37.6. The van der Waals surface area contributed by atoms with Crippen molar-refractivity contribution in [1.82, 2.24) is 10.2 Å². The number of thiophene rings is 1. The van der Waals surface area contributed by atoms with Gasteiger partial charge in [-0.1, -0.05) is 30.3 Å². The van der Waals surface area contributed by atoms with Crippen LogP contribution in [0.1, 0.15) is 34.7 Å². The Hall–Kier alpha value is -2.67. The molecule has 1 aliphatic rings. The van der Waals surface area contributed by atoms with Crippen molar-refractivity contribution in [1.29, 1.82) is 0 Å². The van der Waals surface area contributed by atoms with Crippen molar-refractivity contribution in [3.63, 3.8) is 0 Å². The monoisotopic (exact) mass is 386 g/mol. The Morgan fingerprint density at radius 2 is 1.93 bits per heavy atom. The number of aliphatic carboxylic acids is 1. The summed E-state index contributed by atoms with van der Waals surface area (Å²) in [6.45, 7) is 1.06. The van der Waals surface area contributed by atoms with E-state index in [-0.39, 0.29) is 30.7 Å². The number of carbonyl (C=O) groups excluding carboxylic acids is 2. The molecule has 2 atom stereocenters. The first-order valence-electron chi connectivity index (χ1n) is 8.92. The molecule has 2 heterocycles. The molecule has 0 saturated carbocycles. The van der Waals surface area contributed by atoms with Gasteiger partial charge in [-0.15, -0.1) is 0 Å². The van der Waals surface area contributed by atoms with Crippen LogP contribution in [0, 0.1) is 5.92 Å². The molecule has 2 N–H and O–H groups in total. The van der Waals surface area contributed by atoms with Crippen LogP contribution in [-0.2, 0) is 9.59 Å². The van der Waals surface area contributed by atoms with Gasteiger partial charge < -0.3 is 15.3 Å². The van der Waals surface area contributed by atoms with Gasteiger partial charge in [0.05, 0.1) is 5.92 Å². The van der Waals surface area contributed by atoms with E-state index in [1.165, 1.54) is 11.3 Å². The van der Waals surface area contributed by atoms with Gasteiger partial charge in [0.1, 0.15) is 0 Å². The van der Waals surface area contributed by atoms with E-state index < -0.39 is 11.9 Å². The molecule has 7 heteroatoms. The lowest BCUT2D eigenvalue weighted by atomic mass is 9.89. The smallest absolute Gasteiger partial charge is 0.308 e. The Labute approximate surface area is 161 Å². The molecular weight excluding hydrogens is 364 g/mol. The van der Waals surface area contributed by atoms with E-state index in [2.05, 4.69) is 5.32 Å². The quantitative estimate of drug-likeness (QED) is 0.716. The highest BCUT2D eigenvalue weighted by atomic mass is 32.1. The average molecular weight is 386 g/mol. The van der Waals surface area contributed by atoms with Crippen LogP contribution in [0.4, 0.5) is 0 Å². The maximum absolute atomic E-state index is 12.5. The van der Waals surface area contributed by atoms with E-state index in [4.69, 9.17) is 0 Å². The molecule has 142 valence electrons. The third kappa shape index (κ3) is 4.74. The van der Waals surface area contributed by atoms with Crippen molar-refractivity contribution >= 4 is 29.1 Å². The molecule has 2 aromatic rings. The summed E-state index contributed by atoms with van der Waals surface area (Å²) in [5.74, 6) is -1.85. The molecule has 1 aromatic carbocycles. The van der Waals surface area contributed by atoms with Crippen LogP contribution in [0.25, 0.3) is 0 Å². The Kier molecular flexibility index (Phi) is 6.24. The molecule has 27 heavy (non-hydrogen) atoms. The first kappa shape index (κ1) is 19.1. The Bertz CT molecular complexity index is 792. The normalized spacial score (nSPS) is 19.0. The molecule has 0 aliphatic carbocycles. The van der Waals surface area contributed by atoms with Gasteiger partial charge in [0.25, 0.3) is 5.91 Å². The predicted octanol–water partition coefficient (Wildman–Crippen LogP) is 2.58. The van der Waals surface area contributed by atoms with Crippen LogP contribution in [0.2, 0.25) is 0 Å². The fraction of sp³-hybridized carbons (Fsp3) is 0.350. The van der Waals surface area contributed by atoms with E-state index in [1.807, 2.05) is 35.7 Å². The number of amides is 2. The van der Waals surface area contributed by atoms with Gasteiger partial charge in [-0.05, 0) is 23.4 Å². The molecule has 0 bridgehead atoms. The van der Waals surface area contributed by atoms with Crippen molar-refractivity contribution in [3.05, 3.63) is 58.3 Å². The number of likely N-dealkylation sites (tertiary alicyclic amines) is 1. The van der Waals surface area contributed by atoms with Gasteiger partial charge in [-0.25, -0.2) is 0 Å². The standard InChI is InChI=1S/C20H22N2O4S/c23-18(7-4-9-21-19(24)15-8-10-27-13-15)22-11-16(17(12-22)20(25)26)14-5-2-1-3-6-14/h1-3,5-6,8,10,13,16-17H,4,7,9,11-12H2,(H,21,24)(H,25,26)/t16-,17-/m1/s1. The van der Waals surface area contributed by atoms with Crippen LogP contribution in [0.5, 0.6) is 0 Å². The SMILES string of the molecule is O=C(NCCCC(=O)N1C[C@H](c2ccccc2)[C@H](C(=O)O)C1)c1ccsc1. The largest absolute Gasteiger partial charge is 0.481 e. The number of hydrogen-bond acceptors (Lipinski definition) is 4. The van der Waals surface area contributed by atoms with Crippen LogP contribution in [0.3, 0.4) is 0 Å². The van der Waals surface area contributed by atoms with Crippen molar-refractivity contribution in [2.75, 3.05) is 19.6 Å². The summed E-state index contributed by atoms with van der Waals surface area (Å²) in [7, 11) is 0. The summed E-state index contributed by atoms with van der Waals surface area (Å²) in [5.41, 5.74) is 1.57. The maximum atomic E-state index is 12.5. The van der Waals surface area contributed by atoms with E-state index in [1.54, 1.807) is 16.3 Å². The van der Waals surface area contributed by atoms with Crippen molar-refractivity contribution in [3.8, 4) is 0 Å². The highest BCUT2D eigenvalue weighted by Crippen LogP contribution is 2.33. The topological polar surface area (TPSA) is 86.7 Å². The summed E-state index contributed by atoms with van der Waals surface area (Å²) >= 11 is 1.46. The fourth-order valence-electron chi connectivity index (χ4n) is 3.39. The molecule has 2 amide bonds. The van der Waals surface area contributed by atoms with Gasteiger partial charge in [0.2, 0.25) is 5.91 Å². The number of benzene rings is 1. The summed E-state index contributed by atoms with van der Waals surface area (Å²) in [5, 5.41) is 15.9. The lowest BCUT2D eigenvalue weighted by Gasteiger charge is -2.16. The average Bonchev–Trinajstić information content (AvgIpc) is 3.35. The number of nitrogens with zero attached hydrogens (tertiary/aromatic N) is 1. The minimum absolute atomic E-state index is 0.0653. The second-order valence-corrected chi connectivity index (χ2v) is 7.41. The van der Waals surface area contributed by atoms with E-state index >= 15 is 0 Å². The number of rotatable bonds is 7. The number of hydrogen-bond donors (Lipinski definition) is 2. The molecule has 1 saturated heterocycles. The number of carbonyl (C=O) groups is 3. The minimum Gasteiger partial charge on any atom is -0.481 e. The Balaban J connectivity index is 1.50. The molecule has 1 fully saturated rings. The number of carboxylic acids is 1. The van der Waals surface area contributed by atoms with Gasteiger partial charge in [-0.2, -0.15) is 11.3 Å². The lowest BCUT2D eigenvalue weighted by Crippen LogP contribution is -2.31. The Morgan fingerprint density at radius 1 is 1.15 bits per heavy atom. The Morgan fingerprint density at radius 3 is 2.59 bits per heavy atom. The van der Waals surface area contributed by atoms with Crippen molar-refractivity contribution < 1.29 is 19.5 Å². The third-order valence-corrected chi connectivity index (χ3v) is 5.54. The summed E-state index contributed by atoms with van der Waals surface area (Å²) in [6.07, 6.45) is 0.816.